The van der Waals surface area contributed by atoms with E-state index in [-0.39, 0.29) is 32.9 Å². The van der Waals surface area contributed by atoms with Crippen LogP contribution in [0.5, 0.6) is 0 Å². The zero-order valence-electron chi connectivity index (χ0n) is 83.8. The minimum absolute atomic E-state index is 0.0447. The van der Waals surface area contributed by atoms with Crippen LogP contribution in [0.15, 0.2) is 230 Å². The van der Waals surface area contributed by atoms with Crippen LogP contribution in [-0.2, 0) is 58.5 Å². The summed E-state index contributed by atoms with van der Waals surface area (Å²) >= 11 is 0. The minimum atomic E-state index is 0.0447. The van der Waals surface area contributed by atoms with Crippen LogP contribution in [0.3, 0.4) is 0 Å². The van der Waals surface area contributed by atoms with Crippen LogP contribution in [0.2, 0.25) is 0 Å². The topological polar surface area (TPSA) is 242 Å². The van der Waals surface area contributed by atoms with E-state index in [1.54, 1.807) is 31.0 Å². The lowest BCUT2D eigenvalue weighted by atomic mass is 9.88. The van der Waals surface area contributed by atoms with Gasteiger partial charge in [0.25, 0.3) is 0 Å². The number of aromatic amines is 3. The van der Waals surface area contributed by atoms with Gasteiger partial charge in [-0.25, -0.2) is 24.9 Å². The number of allylic oxidation sites excluding steroid dienone is 4. The number of aliphatic imine (C=N–C) groups is 2. The van der Waals surface area contributed by atoms with Crippen LogP contribution >= 0.6 is 0 Å². The van der Waals surface area contributed by atoms with Gasteiger partial charge >= 0.3 is 0 Å². The third kappa shape index (κ3) is 32.7. The van der Waals surface area contributed by atoms with Gasteiger partial charge < -0.3 is 29.4 Å². The molecule has 19 heteroatoms. The summed E-state index contributed by atoms with van der Waals surface area (Å²) < 4.78 is 6.36. The van der Waals surface area contributed by atoms with Crippen molar-refractivity contribution in [3.63, 3.8) is 0 Å². The molecule has 5 N–H and O–H groups in total. The van der Waals surface area contributed by atoms with Gasteiger partial charge in [0.1, 0.15) is 11.3 Å². The van der Waals surface area contributed by atoms with Crippen molar-refractivity contribution < 1.29 is 0 Å². The second-order valence-electron chi connectivity index (χ2n) is 41.5. The summed E-state index contributed by atoms with van der Waals surface area (Å²) in [7, 11) is 0. The van der Waals surface area contributed by atoms with Crippen molar-refractivity contribution in [1.29, 1.82) is 0 Å². The van der Waals surface area contributed by atoms with E-state index in [4.69, 9.17) is 5.73 Å². The average molecular weight is 1740 g/mol. The molecule has 0 unspecified atom stereocenters. The van der Waals surface area contributed by atoms with E-state index >= 15 is 0 Å². The highest BCUT2D eigenvalue weighted by atomic mass is 15.1. The first-order valence-corrected chi connectivity index (χ1v) is 45.9. The number of hydrogen-bond acceptors (Lipinski definition) is 13. The molecule has 19 nitrogen and oxygen atoms in total. The molecule has 0 spiro atoms. The van der Waals surface area contributed by atoms with Gasteiger partial charge in [-0.1, -0.05) is 225 Å². The molecular weight excluding hydrogens is 1590 g/mol. The Morgan fingerprint density at radius 3 is 1.51 bits per heavy atom. The predicted octanol–water partition coefficient (Wildman–Crippen LogP) is 27.6. The number of fused-ring (bicyclic) bond motifs is 6. The SMILES string of the molecule is CC(C)(C)C1=CCN=C1.CC(C)(C)c1ccc[nH]1.CC(C)(C)c1ccn[nH]1.CC(C)(C)c1ncc[nH]1.CC(C)(C)n1ccnc1.CC(C)(C)n1cnc2ccccc21.CC(C)(C)n1cnc2cccnc21.CC(C)c1cccc2c1C=CC2.CC(C)c1ccnc2c1C=CC2.CC(C)c1ccnc2c1N=CC2.CC(C)c1cncc(N)c1.CC(C)c1cncc2c1C=CC2. The van der Waals surface area contributed by atoms with Crippen LogP contribution in [0, 0.1) is 5.41 Å². The minimum Gasteiger partial charge on any atom is -0.397 e. The summed E-state index contributed by atoms with van der Waals surface area (Å²) in [5.74, 6) is 3.91. The first kappa shape index (κ1) is 104. The van der Waals surface area contributed by atoms with Crippen LogP contribution in [0.4, 0.5) is 11.4 Å². The summed E-state index contributed by atoms with van der Waals surface area (Å²) in [4.78, 5) is 52.6. The van der Waals surface area contributed by atoms with Gasteiger partial charge in [0.05, 0.1) is 59.3 Å². The number of rotatable bonds is 5. The normalized spacial score (nSPS) is 13.0. The summed E-state index contributed by atoms with van der Waals surface area (Å²) in [6, 6.07) is 31.0. The lowest BCUT2D eigenvalue weighted by molar-refractivity contribution is 0.396. The van der Waals surface area contributed by atoms with Crippen molar-refractivity contribution in [3.8, 4) is 0 Å². The molecule has 0 saturated carbocycles. The lowest BCUT2D eigenvalue weighted by Gasteiger charge is -2.21. The van der Waals surface area contributed by atoms with Gasteiger partial charge in [0, 0.05) is 150 Å². The summed E-state index contributed by atoms with van der Waals surface area (Å²) in [6.45, 7) is 68.3. The smallest absolute Gasteiger partial charge is 0.160 e. The fourth-order valence-corrected chi connectivity index (χ4v) is 13.9. The maximum absolute atomic E-state index is 5.53. The summed E-state index contributed by atoms with van der Waals surface area (Å²) in [6.07, 6.45) is 53.3. The number of benzene rings is 2. The number of nitrogens with two attached hydrogens (primary N) is 1. The second-order valence-corrected chi connectivity index (χ2v) is 41.5. The summed E-state index contributed by atoms with van der Waals surface area (Å²) in [5.41, 5.74) is 32.9. The fourth-order valence-electron chi connectivity index (χ4n) is 13.9. The first-order valence-electron chi connectivity index (χ1n) is 45.9. The number of H-pyrrole nitrogens is 3. The number of para-hydroxylation sites is 2. The van der Waals surface area contributed by atoms with Crippen molar-refractivity contribution in [1.82, 2.24) is 78.7 Å². The van der Waals surface area contributed by atoms with Gasteiger partial charge in [0.2, 0.25) is 0 Å². The third-order valence-electron chi connectivity index (χ3n) is 21.7. The molecule has 0 saturated heterocycles. The molecule has 0 radical (unpaired) electrons. The third-order valence-corrected chi connectivity index (χ3v) is 21.7. The van der Waals surface area contributed by atoms with E-state index in [0.717, 1.165) is 71.8 Å². The molecule has 18 rings (SSSR count). The lowest BCUT2D eigenvalue weighted by Crippen LogP contribution is -2.20. The second kappa shape index (κ2) is 47.4. The fraction of sp³-hybridized carbons (Fsp3) is 0.436. The monoisotopic (exact) mass is 1740 g/mol. The van der Waals surface area contributed by atoms with Crippen molar-refractivity contribution in [2.75, 3.05) is 12.3 Å². The Bertz CT molecular complexity index is 5150. The van der Waals surface area contributed by atoms with Gasteiger partial charge in [-0.2, -0.15) is 5.10 Å². The number of nitrogens with zero attached hydrogens (tertiary/aromatic N) is 15. The van der Waals surface area contributed by atoms with Gasteiger partial charge in [-0.15, -0.1) is 0 Å². The van der Waals surface area contributed by atoms with Gasteiger partial charge in [-0.3, -0.25) is 35.0 Å². The molecule has 688 valence electrons. The first-order chi connectivity index (χ1) is 60.6. The molecule has 13 aromatic rings. The Morgan fingerprint density at radius 1 is 0.411 bits per heavy atom. The highest BCUT2D eigenvalue weighted by Crippen LogP contribution is 2.34. The Kier molecular flexibility index (Phi) is 38.3. The molecule has 0 fully saturated rings. The standard InChI is InChI=1S/C12H14.C11H14N2.2C11H13N.C10H13N3.C10H12N2.C8H12N2.2C8H13N.3C7H12N2/c1-9(2)11-7-3-5-10-6-4-8-12(10)11;1-11(2,3)13-8-12-9-6-4-5-7-10(9)13;1-8(2)11-7-12-6-9-4-3-5-10(9)11;1-8(2)9-6-7-12-11-5-3-4-10(9)11;1-10(2,3)13-7-12-8-5-4-6-11-9(8)13;1-7(2)8-3-5-11-9-4-6-12-10(8)9;1-6(2)7-3-8(9)5-10-4-7;1-8(2,3)7-4-5-9-6-7;1-8(2,3)7-5-4-6-9-7;1-7(2,3)9-5-4-8-6-9;1-7(2,3)6-8-4-5-9-6;1-7(2,3)6-4-5-8-9-6/h3-5,7-9H,6H2,1-2H3;4-8H,1-3H3;3,5-8H,4H2,1-2H3;3-4,6-8H,5H2,1-2H3;4-7H,1-3H3;3,5-7H,4H2,1-2H3;3-6H,9H2,1-2H3;4,6H,5H2,1-3H3;4-6,9H,1-3H3;4-6H,1-3H3;2*4-5H,1-3H3,(H,8,9). The van der Waals surface area contributed by atoms with Crippen molar-refractivity contribution in [2.45, 2.75) is 303 Å². The quantitative estimate of drug-likeness (QED) is 0.126. The van der Waals surface area contributed by atoms with Crippen LogP contribution in [0.25, 0.3) is 40.4 Å². The van der Waals surface area contributed by atoms with E-state index in [1.165, 1.54) is 83.8 Å². The predicted molar refractivity (Wildman–Crippen MR) is 548 cm³/mol. The average Bonchev–Trinajstić information content (AvgIpc) is 1.63. The molecule has 2 aromatic carbocycles. The van der Waals surface area contributed by atoms with Crippen molar-refractivity contribution in [2.24, 2.45) is 15.4 Å². The number of imidazole rings is 4. The van der Waals surface area contributed by atoms with Gasteiger partial charge in [-0.05, 0) is 232 Å². The van der Waals surface area contributed by atoms with E-state index in [0.29, 0.717) is 35.0 Å². The van der Waals surface area contributed by atoms with Gasteiger partial charge in [0.15, 0.2) is 5.65 Å². The van der Waals surface area contributed by atoms with Crippen molar-refractivity contribution >= 4 is 64.2 Å². The number of anilines is 1. The molecule has 0 bridgehead atoms. The van der Waals surface area contributed by atoms with E-state index in [9.17, 15) is 0 Å². The molecule has 0 amide bonds. The number of nitrogens with one attached hydrogen (secondary N) is 3. The molecule has 13 heterocycles. The van der Waals surface area contributed by atoms with Crippen LogP contribution in [0.1, 0.15) is 328 Å². The Balaban J connectivity index is 0.000000193. The Morgan fingerprint density at radius 2 is 1.01 bits per heavy atom. The number of pyridine rings is 5. The maximum Gasteiger partial charge on any atom is 0.160 e. The summed E-state index contributed by atoms with van der Waals surface area (Å²) in [5, 5.41) is 6.79. The van der Waals surface area contributed by atoms with E-state index in [1.807, 2.05) is 130 Å². The Labute approximate surface area is 773 Å². The van der Waals surface area contributed by atoms with E-state index < -0.39 is 0 Å². The molecule has 11 aromatic heterocycles. The number of aromatic nitrogens is 16. The van der Waals surface area contributed by atoms with Crippen molar-refractivity contribution in [3.05, 3.63) is 305 Å². The number of hydrogen-bond donors (Lipinski definition) is 4. The molecular formula is C110H153N19. The zero-order valence-corrected chi connectivity index (χ0v) is 83.8. The molecule has 5 aliphatic rings. The van der Waals surface area contributed by atoms with E-state index in [2.05, 4.69) is 388 Å². The zero-order chi connectivity index (χ0) is 95.2. The van der Waals surface area contributed by atoms with Crippen LogP contribution < -0.4 is 5.73 Å². The molecule has 3 aliphatic carbocycles. The van der Waals surface area contributed by atoms with Crippen LogP contribution in [-0.4, -0.2) is 97.7 Å². The highest BCUT2D eigenvalue weighted by molar-refractivity contribution is 5.82. The molecule has 129 heavy (non-hydrogen) atoms. The number of nitrogen functional groups attached to an aromatic ring is 1. The highest BCUT2D eigenvalue weighted by Gasteiger charge is 2.23. The largest absolute Gasteiger partial charge is 0.397 e. The maximum atomic E-state index is 5.53. The molecule has 0 atom stereocenters. The molecule has 2 aliphatic heterocycles. The Hall–Kier alpha value is -11.9.